The number of aromatic nitrogens is 1. The van der Waals surface area contributed by atoms with Gasteiger partial charge in [-0.25, -0.2) is 9.37 Å². The molecule has 21 heavy (non-hydrogen) atoms. The molecule has 0 bridgehead atoms. The van der Waals surface area contributed by atoms with Crippen LogP contribution in [0.1, 0.15) is 23.7 Å². The first-order chi connectivity index (χ1) is 10.1. The molecule has 0 unspecified atom stereocenters. The molecule has 4 nitrogen and oxygen atoms in total. The van der Waals surface area contributed by atoms with E-state index >= 15 is 0 Å². The summed E-state index contributed by atoms with van der Waals surface area (Å²) in [5.41, 5.74) is 0.963. The standard InChI is InChI=1S/C15H15BrFN3O/c1-2-7-18-14-11(4-3-8-19-14)15(21)20-10-5-6-13(17)12(16)9-10/h3-6,8-9H,2,7H2,1H3,(H,18,19)(H,20,21). The fourth-order valence-corrected chi connectivity index (χ4v) is 2.12. The van der Waals surface area contributed by atoms with E-state index in [1.807, 2.05) is 6.92 Å². The van der Waals surface area contributed by atoms with Crippen LogP contribution < -0.4 is 10.6 Å². The van der Waals surface area contributed by atoms with Crippen LogP contribution in [0.5, 0.6) is 0 Å². The lowest BCUT2D eigenvalue weighted by Crippen LogP contribution is -2.16. The van der Waals surface area contributed by atoms with Crippen LogP contribution in [0.25, 0.3) is 0 Å². The van der Waals surface area contributed by atoms with Gasteiger partial charge in [0.05, 0.1) is 10.0 Å². The van der Waals surface area contributed by atoms with Crippen LogP contribution in [0, 0.1) is 5.82 Å². The maximum atomic E-state index is 13.2. The number of carbonyl (C=O) groups is 1. The Hall–Kier alpha value is -1.95. The fraction of sp³-hybridized carbons (Fsp3) is 0.200. The number of benzene rings is 1. The van der Waals surface area contributed by atoms with Crippen molar-refractivity contribution >= 4 is 33.3 Å². The second kappa shape index (κ2) is 7.17. The van der Waals surface area contributed by atoms with Crippen molar-refractivity contribution in [2.24, 2.45) is 0 Å². The molecule has 1 heterocycles. The first-order valence-corrected chi connectivity index (χ1v) is 7.36. The first-order valence-electron chi connectivity index (χ1n) is 6.57. The lowest BCUT2D eigenvalue weighted by molar-refractivity contribution is 0.102. The smallest absolute Gasteiger partial charge is 0.259 e. The summed E-state index contributed by atoms with van der Waals surface area (Å²) in [6.45, 7) is 2.77. The molecule has 0 aliphatic heterocycles. The monoisotopic (exact) mass is 351 g/mol. The fourth-order valence-electron chi connectivity index (χ4n) is 1.75. The summed E-state index contributed by atoms with van der Waals surface area (Å²) >= 11 is 3.09. The quantitative estimate of drug-likeness (QED) is 0.853. The summed E-state index contributed by atoms with van der Waals surface area (Å²) in [6, 6.07) is 7.71. The van der Waals surface area contributed by atoms with Crippen LogP contribution in [0.3, 0.4) is 0 Å². The number of nitrogens with zero attached hydrogens (tertiary/aromatic N) is 1. The van der Waals surface area contributed by atoms with Crippen molar-refractivity contribution in [2.75, 3.05) is 17.2 Å². The van der Waals surface area contributed by atoms with Crippen molar-refractivity contribution in [3.05, 3.63) is 52.4 Å². The SMILES string of the molecule is CCCNc1ncccc1C(=O)Nc1ccc(F)c(Br)c1. The third-order valence-corrected chi connectivity index (χ3v) is 3.38. The zero-order chi connectivity index (χ0) is 15.2. The summed E-state index contributed by atoms with van der Waals surface area (Å²) in [7, 11) is 0. The molecule has 0 aliphatic carbocycles. The van der Waals surface area contributed by atoms with Crippen LogP contribution in [-0.2, 0) is 0 Å². The molecule has 1 amide bonds. The van der Waals surface area contributed by atoms with E-state index in [9.17, 15) is 9.18 Å². The largest absolute Gasteiger partial charge is 0.369 e. The Morgan fingerprint density at radius 2 is 2.19 bits per heavy atom. The normalized spacial score (nSPS) is 10.2. The Morgan fingerprint density at radius 1 is 1.38 bits per heavy atom. The van der Waals surface area contributed by atoms with Crippen molar-refractivity contribution in [1.29, 1.82) is 0 Å². The Balaban J connectivity index is 2.18. The number of hydrogen-bond acceptors (Lipinski definition) is 3. The van der Waals surface area contributed by atoms with Crippen molar-refractivity contribution in [1.82, 2.24) is 4.98 Å². The molecule has 0 atom stereocenters. The molecule has 0 spiro atoms. The molecule has 2 N–H and O–H groups in total. The van der Waals surface area contributed by atoms with Gasteiger partial charge in [0.25, 0.3) is 5.91 Å². The van der Waals surface area contributed by atoms with Gasteiger partial charge in [0, 0.05) is 18.4 Å². The Labute approximate surface area is 130 Å². The summed E-state index contributed by atoms with van der Waals surface area (Å²) in [5, 5.41) is 5.84. The molecule has 0 saturated heterocycles. The van der Waals surface area contributed by atoms with Gasteiger partial charge in [-0.3, -0.25) is 4.79 Å². The average molecular weight is 352 g/mol. The van der Waals surface area contributed by atoms with Gasteiger partial charge in [-0.1, -0.05) is 6.92 Å². The molecule has 2 aromatic rings. The Morgan fingerprint density at radius 3 is 2.90 bits per heavy atom. The van der Waals surface area contributed by atoms with E-state index in [4.69, 9.17) is 0 Å². The van der Waals surface area contributed by atoms with Gasteiger partial charge in [0.2, 0.25) is 0 Å². The van der Waals surface area contributed by atoms with Gasteiger partial charge in [0.1, 0.15) is 11.6 Å². The molecule has 1 aromatic carbocycles. The van der Waals surface area contributed by atoms with Gasteiger partial charge in [-0.15, -0.1) is 0 Å². The minimum absolute atomic E-state index is 0.291. The number of amides is 1. The molecule has 1 aromatic heterocycles. The van der Waals surface area contributed by atoms with Crippen LogP contribution >= 0.6 is 15.9 Å². The number of carbonyl (C=O) groups excluding carboxylic acids is 1. The molecule has 2 rings (SSSR count). The van der Waals surface area contributed by atoms with Gasteiger partial charge in [-0.2, -0.15) is 0 Å². The van der Waals surface area contributed by atoms with Crippen molar-refractivity contribution < 1.29 is 9.18 Å². The number of pyridine rings is 1. The molecule has 0 fully saturated rings. The highest BCUT2D eigenvalue weighted by atomic mass is 79.9. The molecular weight excluding hydrogens is 337 g/mol. The second-order valence-electron chi connectivity index (χ2n) is 4.41. The van der Waals surface area contributed by atoms with E-state index in [2.05, 4.69) is 31.5 Å². The van der Waals surface area contributed by atoms with Crippen molar-refractivity contribution in [3.63, 3.8) is 0 Å². The van der Waals surface area contributed by atoms with Crippen LogP contribution in [0.4, 0.5) is 15.9 Å². The summed E-state index contributed by atoms with van der Waals surface area (Å²) in [5.74, 6) is -0.127. The van der Waals surface area contributed by atoms with Crippen LogP contribution in [-0.4, -0.2) is 17.4 Å². The summed E-state index contributed by atoms with van der Waals surface area (Å²) < 4.78 is 13.5. The zero-order valence-corrected chi connectivity index (χ0v) is 13.1. The maximum Gasteiger partial charge on any atom is 0.259 e. The highest BCUT2D eigenvalue weighted by Gasteiger charge is 2.12. The number of rotatable bonds is 5. The minimum atomic E-state index is -0.375. The molecule has 110 valence electrons. The van der Waals surface area contributed by atoms with Gasteiger partial charge < -0.3 is 10.6 Å². The van der Waals surface area contributed by atoms with Crippen LogP contribution in [0.15, 0.2) is 41.0 Å². The lowest BCUT2D eigenvalue weighted by Gasteiger charge is -2.11. The van der Waals surface area contributed by atoms with E-state index in [0.29, 0.717) is 21.5 Å². The van der Waals surface area contributed by atoms with Crippen molar-refractivity contribution in [2.45, 2.75) is 13.3 Å². The third-order valence-electron chi connectivity index (χ3n) is 2.77. The average Bonchev–Trinajstić information content (AvgIpc) is 2.49. The minimum Gasteiger partial charge on any atom is -0.369 e. The van der Waals surface area contributed by atoms with Gasteiger partial charge in [-0.05, 0) is 52.7 Å². The Bertz CT molecular complexity index is 649. The predicted octanol–water partition coefficient (Wildman–Crippen LogP) is 4.06. The second-order valence-corrected chi connectivity index (χ2v) is 5.26. The van der Waals surface area contributed by atoms with E-state index in [1.165, 1.54) is 18.2 Å². The van der Waals surface area contributed by atoms with Crippen molar-refractivity contribution in [3.8, 4) is 0 Å². The van der Waals surface area contributed by atoms with E-state index < -0.39 is 0 Å². The van der Waals surface area contributed by atoms with Crippen LogP contribution in [0.2, 0.25) is 0 Å². The molecule has 6 heteroatoms. The molecule has 0 radical (unpaired) electrons. The topological polar surface area (TPSA) is 54.0 Å². The van der Waals surface area contributed by atoms with E-state index in [-0.39, 0.29) is 11.7 Å². The lowest BCUT2D eigenvalue weighted by atomic mass is 10.2. The third kappa shape index (κ3) is 4.01. The Kier molecular flexibility index (Phi) is 5.27. The molecule has 0 aliphatic rings. The van der Waals surface area contributed by atoms with Gasteiger partial charge in [0.15, 0.2) is 0 Å². The highest BCUT2D eigenvalue weighted by molar-refractivity contribution is 9.10. The molecular formula is C15H15BrFN3O. The highest BCUT2D eigenvalue weighted by Crippen LogP contribution is 2.21. The summed E-state index contributed by atoms with van der Waals surface area (Å²) in [4.78, 5) is 16.5. The number of nitrogens with one attached hydrogen (secondary N) is 2. The number of hydrogen-bond donors (Lipinski definition) is 2. The number of halogens is 2. The zero-order valence-electron chi connectivity index (χ0n) is 11.5. The van der Waals surface area contributed by atoms with Gasteiger partial charge >= 0.3 is 0 Å². The van der Waals surface area contributed by atoms with E-state index in [0.717, 1.165) is 13.0 Å². The molecule has 0 saturated carbocycles. The summed E-state index contributed by atoms with van der Waals surface area (Å²) in [6.07, 6.45) is 2.56. The number of anilines is 2. The predicted molar refractivity (Wildman–Crippen MR) is 85.1 cm³/mol. The first kappa shape index (κ1) is 15.4. The van der Waals surface area contributed by atoms with E-state index in [1.54, 1.807) is 18.3 Å². The maximum absolute atomic E-state index is 13.2.